The van der Waals surface area contributed by atoms with E-state index in [9.17, 15) is 8.78 Å². The molecular formula is C25H20ClF2N7. The van der Waals surface area contributed by atoms with Crippen LogP contribution in [0, 0.1) is 11.6 Å². The van der Waals surface area contributed by atoms with Gasteiger partial charge in [-0.05, 0) is 35.9 Å². The largest absolute Gasteiger partial charge is 0.398 e. The summed E-state index contributed by atoms with van der Waals surface area (Å²) in [5, 5.41) is 12.4. The summed E-state index contributed by atoms with van der Waals surface area (Å²) < 4.78 is 31.6. The zero-order chi connectivity index (χ0) is 24.5. The average molecular weight is 492 g/mol. The molecule has 7 nitrogen and oxygen atoms in total. The number of pyridine rings is 1. The smallest absolute Gasteiger partial charge is 0.151 e. The van der Waals surface area contributed by atoms with Crippen molar-refractivity contribution in [3.05, 3.63) is 101 Å². The van der Waals surface area contributed by atoms with Crippen molar-refractivity contribution < 1.29 is 8.78 Å². The summed E-state index contributed by atoms with van der Waals surface area (Å²) in [4.78, 5) is 4.62. The van der Waals surface area contributed by atoms with Gasteiger partial charge >= 0.3 is 0 Å². The van der Waals surface area contributed by atoms with Crippen molar-refractivity contribution in [1.82, 2.24) is 29.8 Å². The minimum atomic E-state index is -0.592. The molecule has 0 bridgehead atoms. The fraction of sp³-hybridized carbons (Fsp3) is 0.120. The number of hydrogen-bond acceptors (Lipinski definition) is 5. The standard InChI is InChI=1S/C25H20ClF2N7/c1-34-23(13-31-33-34)17-12-32-35(14-17)22(10-15-2-5-18(27)6-3-15)21-9-4-16(11-30-21)24-20(29)8-7-19(26)25(24)28/h2-9,11-14,22H,10,29H2,1H3. The molecule has 0 aliphatic heterocycles. The zero-order valence-corrected chi connectivity index (χ0v) is 19.4. The number of aryl methyl sites for hydroxylation is 1. The van der Waals surface area contributed by atoms with E-state index in [0.717, 1.165) is 16.8 Å². The number of anilines is 1. The van der Waals surface area contributed by atoms with Crippen LogP contribution in [0.5, 0.6) is 0 Å². The maximum Gasteiger partial charge on any atom is 0.151 e. The molecule has 0 saturated heterocycles. The van der Waals surface area contributed by atoms with Crippen LogP contribution in [0.15, 0.2) is 73.3 Å². The lowest BCUT2D eigenvalue weighted by molar-refractivity contribution is 0.508. The maximum atomic E-state index is 14.7. The predicted octanol–water partition coefficient (Wildman–Crippen LogP) is 5.09. The summed E-state index contributed by atoms with van der Waals surface area (Å²) >= 11 is 5.95. The fourth-order valence-corrected chi connectivity index (χ4v) is 4.14. The Kier molecular flexibility index (Phi) is 6.00. The van der Waals surface area contributed by atoms with Crippen molar-refractivity contribution in [3.8, 4) is 22.4 Å². The minimum absolute atomic E-state index is 0.0128. The van der Waals surface area contributed by atoms with E-state index in [1.54, 1.807) is 65.3 Å². The van der Waals surface area contributed by atoms with Crippen LogP contribution >= 0.6 is 11.6 Å². The summed E-state index contributed by atoms with van der Waals surface area (Å²) in [6.45, 7) is 0. The highest BCUT2D eigenvalue weighted by atomic mass is 35.5. The summed E-state index contributed by atoms with van der Waals surface area (Å²) in [5.74, 6) is -0.899. The summed E-state index contributed by atoms with van der Waals surface area (Å²) in [7, 11) is 1.80. The lowest BCUT2D eigenvalue weighted by Crippen LogP contribution is -2.15. The van der Waals surface area contributed by atoms with Gasteiger partial charge in [0.05, 0.1) is 34.8 Å². The highest BCUT2D eigenvalue weighted by Gasteiger charge is 2.20. The van der Waals surface area contributed by atoms with E-state index < -0.39 is 5.82 Å². The van der Waals surface area contributed by atoms with Gasteiger partial charge in [0.2, 0.25) is 0 Å². The highest BCUT2D eigenvalue weighted by Crippen LogP contribution is 2.33. The molecule has 5 aromatic rings. The Morgan fingerprint density at radius 1 is 0.971 bits per heavy atom. The van der Waals surface area contributed by atoms with Crippen LogP contribution in [0.3, 0.4) is 0 Å². The van der Waals surface area contributed by atoms with Gasteiger partial charge in [-0.15, -0.1) is 5.10 Å². The van der Waals surface area contributed by atoms with Crippen LogP contribution in [0.25, 0.3) is 22.4 Å². The maximum absolute atomic E-state index is 14.7. The quantitative estimate of drug-likeness (QED) is 0.334. The second kappa shape index (κ2) is 9.27. The predicted molar refractivity (Wildman–Crippen MR) is 130 cm³/mol. The second-order valence-corrected chi connectivity index (χ2v) is 8.50. The number of nitrogen functional groups attached to an aromatic ring is 1. The molecular weight excluding hydrogens is 472 g/mol. The van der Waals surface area contributed by atoms with Gasteiger partial charge in [-0.1, -0.05) is 35.0 Å². The SMILES string of the molecule is Cn1nncc1-c1cnn(C(Cc2ccc(F)cc2)c2ccc(-c3c(N)ccc(Cl)c3F)cn2)c1. The van der Waals surface area contributed by atoms with Crippen LogP contribution in [0.4, 0.5) is 14.5 Å². The molecule has 3 heterocycles. The number of benzene rings is 2. The molecule has 1 atom stereocenters. The molecule has 0 spiro atoms. The van der Waals surface area contributed by atoms with Crippen LogP contribution in [-0.2, 0) is 13.5 Å². The topological polar surface area (TPSA) is 87.4 Å². The van der Waals surface area contributed by atoms with E-state index in [4.69, 9.17) is 17.3 Å². The third-order valence-corrected chi connectivity index (χ3v) is 6.11. The van der Waals surface area contributed by atoms with Crippen molar-refractivity contribution in [3.63, 3.8) is 0 Å². The number of hydrogen-bond donors (Lipinski definition) is 1. The number of aromatic nitrogens is 6. The van der Waals surface area contributed by atoms with Crippen LogP contribution in [-0.4, -0.2) is 29.8 Å². The zero-order valence-electron chi connectivity index (χ0n) is 18.6. The number of nitrogens with zero attached hydrogens (tertiary/aromatic N) is 6. The van der Waals surface area contributed by atoms with E-state index >= 15 is 0 Å². The lowest BCUT2D eigenvalue weighted by Gasteiger charge is -2.18. The van der Waals surface area contributed by atoms with E-state index in [1.807, 2.05) is 6.20 Å². The van der Waals surface area contributed by atoms with Gasteiger partial charge in [0.25, 0.3) is 0 Å². The Labute approximate surface area is 204 Å². The Hall–Kier alpha value is -4.11. The third kappa shape index (κ3) is 4.50. The first-order valence-electron chi connectivity index (χ1n) is 10.7. The van der Waals surface area contributed by atoms with E-state index in [0.29, 0.717) is 17.7 Å². The lowest BCUT2D eigenvalue weighted by atomic mass is 10.0. The average Bonchev–Trinajstić information content (AvgIpc) is 3.51. The first-order valence-corrected chi connectivity index (χ1v) is 11.1. The molecule has 0 fully saturated rings. The first-order chi connectivity index (χ1) is 16.9. The van der Waals surface area contributed by atoms with Crippen molar-refractivity contribution in [2.75, 3.05) is 5.73 Å². The third-order valence-electron chi connectivity index (χ3n) is 5.82. The number of halogens is 3. The Morgan fingerprint density at radius 2 is 1.77 bits per heavy atom. The van der Waals surface area contributed by atoms with E-state index in [2.05, 4.69) is 20.4 Å². The van der Waals surface area contributed by atoms with Gasteiger partial charge in [0.1, 0.15) is 5.82 Å². The number of rotatable bonds is 6. The Bertz CT molecular complexity index is 1480. The molecule has 176 valence electrons. The molecule has 5 rings (SSSR count). The number of nitrogens with two attached hydrogens (primary N) is 1. The summed E-state index contributed by atoms with van der Waals surface area (Å²) in [6.07, 6.45) is 7.34. The molecule has 1 unspecified atom stereocenters. The van der Waals surface area contributed by atoms with Crippen molar-refractivity contribution in [1.29, 1.82) is 0 Å². The molecule has 35 heavy (non-hydrogen) atoms. The van der Waals surface area contributed by atoms with Crippen LogP contribution in [0.2, 0.25) is 5.02 Å². The molecule has 0 aliphatic rings. The highest BCUT2D eigenvalue weighted by molar-refractivity contribution is 6.31. The Morgan fingerprint density at radius 3 is 2.46 bits per heavy atom. The van der Waals surface area contributed by atoms with Gasteiger partial charge in [0, 0.05) is 48.2 Å². The second-order valence-electron chi connectivity index (χ2n) is 8.10. The monoisotopic (exact) mass is 491 g/mol. The Balaban J connectivity index is 1.53. The fourth-order valence-electron chi connectivity index (χ4n) is 3.98. The van der Waals surface area contributed by atoms with Gasteiger partial charge in [-0.2, -0.15) is 5.10 Å². The first kappa shape index (κ1) is 22.7. The summed E-state index contributed by atoms with van der Waals surface area (Å²) in [5.41, 5.74) is 10.2. The molecule has 0 saturated carbocycles. The molecule has 10 heteroatoms. The molecule has 0 radical (unpaired) electrons. The molecule has 0 amide bonds. The van der Waals surface area contributed by atoms with Gasteiger partial charge in [0.15, 0.2) is 5.82 Å². The van der Waals surface area contributed by atoms with Crippen molar-refractivity contribution >= 4 is 17.3 Å². The normalized spacial score (nSPS) is 12.1. The summed E-state index contributed by atoms with van der Waals surface area (Å²) in [6, 6.07) is 12.5. The van der Waals surface area contributed by atoms with Crippen molar-refractivity contribution in [2.45, 2.75) is 12.5 Å². The van der Waals surface area contributed by atoms with E-state index in [1.165, 1.54) is 18.2 Å². The molecule has 2 N–H and O–H groups in total. The molecule has 2 aromatic carbocycles. The molecule has 0 aliphatic carbocycles. The van der Waals surface area contributed by atoms with Crippen molar-refractivity contribution in [2.24, 2.45) is 7.05 Å². The minimum Gasteiger partial charge on any atom is -0.398 e. The van der Waals surface area contributed by atoms with Gasteiger partial charge < -0.3 is 5.73 Å². The van der Waals surface area contributed by atoms with Crippen LogP contribution in [0.1, 0.15) is 17.3 Å². The molecule has 3 aromatic heterocycles. The van der Waals surface area contributed by atoms with E-state index in [-0.39, 0.29) is 28.1 Å². The van der Waals surface area contributed by atoms with Crippen LogP contribution < -0.4 is 5.73 Å². The van der Waals surface area contributed by atoms with Gasteiger partial charge in [-0.25, -0.2) is 13.5 Å². The van der Waals surface area contributed by atoms with Gasteiger partial charge in [-0.3, -0.25) is 9.67 Å².